The van der Waals surface area contributed by atoms with E-state index in [1.807, 2.05) is 13.1 Å². The summed E-state index contributed by atoms with van der Waals surface area (Å²) in [6.07, 6.45) is 3.58. The van der Waals surface area contributed by atoms with Gasteiger partial charge in [0.05, 0.1) is 0 Å². The zero-order valence-corrected chi connectivity index (χ0v) is 12.0. The molecule has 2 rings (SSSR count). The highest BCUT2D eigenvalue weighted by atomic mass is 32.1. The molecule has 1 aliphatic rings. The molecule has 2 heterocycles. The molecule has 0 amide bonds. The van der Waals surface area contributed by atoms with Gasteiger partial charge in [-0.25, -0.2) is 9.97 Å². The van der Waals surface area contributed by atoms with Gasteiger partial charge in [-0.2, -0.15) is 0 Å². The van der Waals surface area contributed by atoms with Gasteiger partial charge in [0.2, 0.25) is 5.95 Å². The third-order valence-electron chi connectivity index (χ3n) is 3.15. The molecule has 1 aliphatic heterocycles. The number of thiocarbonyl (C=S) groups is 1. The predicted molar refractivity (Wildman–Crippen MR) is 80.3 cm³/mol. The molecule has 2 N–H and O–H groups in total. The van der Waals surface area contributed by atoms with Crippen molar-refractivity contribution in [1.29, 1.82) is 0 Å². The molecule has 0 aromatic carbocycles. The Hall–Kier alpha value is -1.47. The quantitative estimate of drug-likeness (QED) is 0.734. The highest BCUT2D eigenvalue weighted by molar-refractivity contribution is 7.80. The third-order valence-corrected chi connectivity index (χ3v) is 3.50. The molecule has 7 heteroatoms. The van der Waals surface area contributed by atoms with Crippen LogP contribution in [0, 0.1) is 0 Å². The molecule has 0 bridgehead atoms. The molecule has 0 unspecified atom stereocenters. The first-order chi connectivity index (χ1) is 9.29. The van der Waals surface area contributed by atoms with Crippen molar-refractivity contribution < 1.29 is 0 Å². The van der Waals surface area contributed by atoms with Crippen LogP contribution in [0.15, 0.2) is 18.5 Å². The molecule has 0 radical (unpaired) electrons. The summed E-state index contributed by atoms with van der Waals surface area (Å²) < 4.78 is 0. The first kappa shape index (κ1) is 14.0. The average molecular weight is 280 g/mol. The summed E-state index contributed by atoms with van der Waals surface area (Å²) in [6, 6.07) is 1.84. The van der Waals surface area contributed by atoms with E-state index < -0.39 is 0 Å². The Balaban J connectivity index is 1.69. The van der Waals surface area contributed by atoms with E-state index >= 15 is 0 Å². The maximum atomic E-state index is 5.04. The number of nitrogens with zero attached hydrogens (tertiary/aromatic N) is 4. The molecular formula is C12H20N6S. The third kappa shape index (κ3) is 4.29. The topological polar surface area (TPSA) is 56.3 Å². The molecule has 1 saturated heterocycles. The lowest BCUT2D eigenvalue weighted by molar-refractivity contribution is 0.260. The van der Waals surface area contributed by atoms with Gasteiger partial charge in [-0.1, -0.05) is 0 Å². The van der Waals surface area contributed by atoms with Gasteiger partial charge in [0, 0.05) is 58.7 Å². The van der Waals surface area contributed by atoms with E-state index in [4.69, 9.17) is 12.2 Å². The summed E-state index contributed by atoms with van der Waals surface area (Å²) in [5.74, 6) is 0.830. The van der Waals surface area contributed by atoms with Crippen molar-refractivity contribution in [3.05, 3.63) is 18.5 Å². The van der Waals surface area contributed by atoms with Gasteiger partial charge in [-0.05, 0) is 18.3 Å². The SMILES string of the molecule is CNC(=S)NCCN1CCN(c2ncccn2)CC1. The Morgan fingerprint density at radius 3 is 2.58 bits per heavy atom. The van der Waals surface area contributed by atoms with Crippen molar-refractivity contribution in [3.8, 4) is 0 Å². The van der Waals surface area contributed by atoms with Gasteiger partial charge < -0.3 is 15.5 Å². The van der Waals surface area contributed by atoms with E-state index in [1.54, 1.807) is 12.4 Å². The number of hydrogen-bond donors (Lipinski definition) is 2. The van der Waals surface area contributed by atoms with Crippen LogP contribution in [0.1, 0.15) is 0 Å². The highest BCUT2D eigenvalue weighted by Crippen LogP contribution is 2.08. The summed E-state index contributed by atoms with van der Waals surface area (Å²) in [6.45, 7) is 5.90. The Labute approximate surface area is 119 Å². The standard InChI is InChI=1S/C12H20N6S/c1-13-12(19)16-5-6-17-7-9-18(10-8-17)11-14-3-2-4-15-11/h2-4H,5-10H2,1H3,(H2,13,16,19). The Morgan fingerprint density at radius 1 is 1.26 bits per heavy atom. The summed E-state index contributed by atoms with van der Waals surface area (Å²) >= 11 is 5.04. The van der Waals surface area contributed by atoms with E-state index in [2.05, 4.69) is 30.4 Å². The van der Waals surface area contributed by atoms with Crippen LogP contribution in [0.3, 0.4) is 0 Å². The number of aromatic nitrogens is 2. The van der Waals surface area contributed by atoms with Crippen LogP contribution < -0.4 is 15.5 Å². The minimum absolute atomic E-state index is 0.705. The van der Waals surface area contributed by atoms with Crippen molar-refractivity contribution >= 4 is 23.3 Å². The molecule has 0 spiro atoms. The number of anilines is 1. The zero-order chi connectivity index (χ0) is 13.5. The Bertz CT molecular complexity index is 390. The van der Waals surface area contributed by atoms with Crippen LogP contribution in [0.25, 0.3) is 0 Å². The molecule has 6 nitrogen and oxygen atoms in total. The number of rotatable bonds is 4. The maximum Gasteiger partial charge on any atom is 0.225 e. The zero-order valence-electron chi connectivity index (χ0n) is 11.2. The normalized spacial score (nSPS) is 16.2. The highest BCUT2D eigenvalue weighted by Gasteiger charge is 2.18. The number of piperazine rings is 1. The van der Waals surface area contributed by atoms with E-state index in [0.717, 1.165) is 45.2 Å². The summed E-state index contributed by atoms with van der Waals surface area (Å²) in [5.41, 5.74) is 0. The van der Waals surface area contributed by atoms with Crippen molar-refractivity contribution in [2.24, 2.45) is 0 Å². The van der Waals surface area contributed by atoms with E-state index in [-0.39, 0.29) is 0 Å². The molecule has 1 fully saturated rings. The van der Waals surface area contributed by atoms with Crippen LogP contribution in [-0.2, 0) is 0 Å². The number of nitrogens with one attached hydrogen (secondary N) is 2. The van der Waals surface area contributed by atoms with Crippen LogP contribution >= 0.6 is 12.2 Å². The van der Waals surface area contributed by atoms with Crippen LogP contribution in [0.4, 0.5) is 5.95 Å². The Kier molecular flexibility index (Phi) is 5.29. The monoisotopic (exact) mass is 280 g/mol. The molecule has 0 saturated carbocycles. The molecule has 1 aromatic heterocycles. The van der Waals surface area contributed by atoms with Crippen LogP contribution in [-0.4, -0.2) is 66.3 Å². The smallest absolute Gasteiger partial charge is 0.225 e. The minimum Gasteiger partial charge on any atom is -0.366 e. The van der Waals surface area contributed by atoms with Crippen LogP contribution in [0.5, 0.6) is 0 Å². The van der Waals surface area contributed by atoms with Crippen LogP contribution in [0.2, 0.25) is 0 Å². The fourth-order valence-electron chi connectivity index (χ4n) is 2.04. The lowest BCUT2D eigenvalue weighted by Crippen LogP contribution is -2.49. The van der Waals surface area contributed by atoms with Crippen molar-refractivity contribution in [3.63, 3.8) is 0 Å². The van der Waals surface area contributed by atoms with Crippen molar-refractivity contribution in [2.75, 3.05) is 51.2 Å². The van der Waals surface area contributed by atoms with Crippen molar-refractivity contribution in [2.45, 2.75) is 0 Å². The summed E-state index contributed by atoms with van der Waals surface area (Å²) in [7, 11) is 1.83. The van der Waals surface area contributed by atoms with Gasteiger partial charge in [0.15, 0.2) is 5.11 Å². The molecule has 19 heavy (non-hydrogen) atoms. The Morgan fingerprint density at radius 2 is 1.95 bits per heavy atom. The van der Waals surface area contributed by atoms with Gasteiger partial charge in [0.1, 0.15) is 0 Å². The van der Waals surface area contributed by atoms with Gasteiger partial charge >= 0.3 is 0 Å². The fraction of sp³-hybridized carbons (Fsp3) is 0.583. The second kappa shape index (κ2) is 7.20. The van der Waals surface area contributed by atoms with Gasteiger partial charge in [0.25, 0.3) is 0 Å². The average Bonchev–Trinajstić information content (AvgIpc) is 2.48. The maximum absolute atomic E-state index is 5.04. The molecule has 1 aromatic rings. The lowest BCUT2D eigenvalue weighted by atomic mass is 10.3. The summed E-state index contributed by atoms with van der Waals surface area (Å²) in [5, 5.41) is 6.78. The minimum atomic E-state index is 0.705. The molecule has 0 atom stereocenters. The van der Waals surface area contributed by atoms with Crippen molar-refractivity contribution in [1.82, 2.24) is 25.5 Å². The first-order valence-corrected chi connectivity index (χ1v) is 6.90. The fourth-order valence-corrected chi connectivity index (χ4v) is 2.14. The van der Waals surface area contributed by atoms with E-state index in [9.17, 15) is 0 Å². The van der Waals surface area contributed by atoms with E-state index in [1.165, 1.54) is 0 Å². The second-order valence-corrected chi connectivity index (χ2v) is 4.79. The predicted octanol–water partition coefficient (Wildman–Crippen LogP) is -0.307. The molecule has 104 valence electrons. The summed E-state index contributed by atoms with van der Waals surface area (Å²) in [4.78, 5) is 13.2. The van der Waals surface area contributed by atoms with Gasteiger partial charge in [-0.3, -0.25) is 4.90 Å². The lowest BCUT2D eigenvalue weighted by Gasteiger charge is -2.34. The molecule has 0 aliphatic carbocycles. The number of hydrogen-bond acceptors (Lipinski definition) is 5. The first-order valence-electron chi connectivity index (χ1n) is 6.49. The van der Waals surface area contributed by atoms with Gasteiger partial charge in [-0.15, -0.1) is 0 Å². The van der Waals surface area contributed by atoms with E-state index in [0.29, 0.717) is 5.11 Å². The molecular weight excluding hydrogens is 260 g/mol. The second-order valence-electron chi connectivity index (χ2n) is 4.38. The largest absolute Gasteiger partial charge is 0.366 e.